The molecule has 0 amide bonds. The van der Waals surface area contributed by atoms with Gasteiger partial charge in [0, 0.05) is 5.92 Å². The number of aliphatic hydroxyl groups excluding tert-OH is 2. The normalized spacial score (nSPS) is 14.2. The highest BCUT2D eigenvalue weighted by Gasteiger charge is 2.18. The van der Waals surface area contributed by atoms with Crippen molar-refractivity contribution in [2.75, 3.05) is 13.7 Å². The highest BCUT2D eigenvalue weighted by atomic mass is 16.5. The Balaban J connectivity index is 4.18. The van der Waals surface area contributed by atoms with Gasteiger partial charge in [0.05, 0.1) is 26.1 Å². The fourth-order valence-electron chi connectivity index (χ4n) is 1.44. The molecule has 2 atom stereocenters. The molecule has 0 bridgehead atoms. The number of carbonyl (C=O) groups is 3. The Labute approximate surface area is 117 Å². The van der Waals surface area contributed by atoms with Gasteiger partial charge in [-0.3, -0.25) is 14.4 Å². The van der Waals surface area contributed by atoms with Gasteiger partial charge in [-0.25, -0.2) is 0 Å². The van der Waals surface area contributed by atoms with E-state index in [1.807, 2.05) is 0 Å². The average Bonchev–Trinajstić information content (AvgIpc) is 2.47. The van der Waals surface area contributed by atoms with Crippen LogP contribution in [0.1, 0.15) is 26.2 Å². The first-order valence-corrected chi connectivity index (χ1v) is 6.21. The number of allylic oxidation sites excluding steroid dienone is 1. The van der Waals surface area contributed by atoms with Gasteiger partial charge < -0.3 is 19.7 Å². The third kappa shape index (κ3) is 7.52. The van der Waals surface area contributed by atoms with Crippen LogP contribution in [0.3, 0.4) is 0 Å². The van der Waals surface area contributed by atoms with E-state index in [0.717, 1.165) is 0 Å². The van der Waals surface area contributed by atoms with Crippen LogP contribution in [-0.4, -0.2) is 48.3 Å². The number of aliphatic hydroxyl groups is 2. The highest BCUT2D eigenvalue weighted by Crippen LogP contribution is 2.13. The lowest BCUT2D eigenvalue weighted by molar-refractivity contribution is -0.151. The number of aldehydes is 1. The van der Waals surface area contributed by atoms with Crippen LogP contribution in [-0.2, 0) is 23.9 Å². The molecule has 0 fully saturated rings. The van der Waals surface area contributed by atoms with Gasteiger partial charge in [0.1, 0.15) is 6.61 Å². The minimum Gasteiger partial charge on any atom is -0.505 e. The largest absolute Gasteiger partial charge is 0.505 e. The van der Waals surface area contributed by atoms with Crippen molar-refractivity contribution in [3.63, 3.8) is 0 Å². The maximum Gasteiger partial charge on any atom is 0.306 e. The summed E-state index contributed by atoms with van der Waals surface area (Å²) in [4.78, 5) is 32.4. The van der Waals surface area contributed by atoms with Gasteiger partial charge >= 0.3 is 11.9 Å². The molecule has 0 saturated heterocycles. The van der Waals surface area contributed by atoms with Crippen molar-refractivity contribution < 1.29 is 34.1 Å². The Morgan fingerprint density at radius 3 is 2.35 bits per heavy atom. The van der Waals surface area contributed by atoms with Gasteiger partial charge in [0.2, 0.25) is 0 Å². The first-order chi connectivity index (χ1) is 9.44. The van der Waals surface area contributed by atoms with Crippen molar-refractivity contribution in [3.05, 3.63) is 11.8 Å². The lowest BCUT2D eigenvalue weighted by Crippen LogP contribution is -2.26. The van der Waals surface area contributed by atoms with Crippen molar-refractivity contribution in [1.82, 2.24) is 0 Å². The number of carbonyl (C=O) groups excluding carboxylic acids is 3. The molecule has 0 aliphatic carbocycles. The second-order valence-electron chi connectivity index (χ2n) is 4.11. The summed E-state index contributed by atoms with van der Waals surface area (Å²) < 4.78 is 9.17. The molecule has 0 heterocycles. The maximum atomic E-state index is 11.3. The molecule has 0 aromatic heterocycles. The van der Waals surface area contributed by atoms with Crippen LogP contribution in [0.25, 0.3) is 0 Å². The van der Waals surface area contributed by atoms with Gasteiger partial charge in [-0.15, -0.1) is 0 Å². The first-order valence-electron chi connectivity index (χ1n) is 6.21. The number of ether oxygens (including phenoxy) is 2. The molecule has 7 nitrogen and oxygen atoms in total. The zero-order valence-corrected chi connectivity index (χ0v) is 11.6. The predicted molar refractivity (Wildman–Crippen MR) is 68.8 cm³/mol. The summed E-state index contributed by atoms with van der Waals surface area (Å²) >= 11 is 0. The molecular formula is C13H20O7. The van der Waals surface area contributed by atoms with E-state index < -0.39 is 29.7 Å². The topological polar surface area (TPSA) is 110 Å². The van der Waals surface area contributed by atoms with E-state index in [1.165, 1.54) is 13.2 Å². The fraction of sp³-hybridized carbons (Fsp3) is 0.615. The monoisotopic (exact) mass is 288 g/mol. The summed E-state index contributed by atoms with van der Waals surface area (Å²) in [6.07, 6.45) is 0.667. The van der Waals surface area contributed by atoms with Crippen molar-refractivity contribution in [3.8, 4) is 0 Å². The number of hydrogen-bond acceptors (Lipinski definition) is 7. The molecule has 0 spiro atoms. The van der Waals surface area contributed by atoms with E-state index in [1.54, 1.807) is 6.92 Å². The van der Waals surface area contributed by atoms with E-state index in [9.17, 15) is 19.5 Å². The molecule has 0 saturated carbocycles. The number of methoxy groups -OCH3 is 1. The molecule has 0 radical (unpaired) electrons. The van der Waals surface area contributed by atoms with Gasteiger partial charge in [-0.1, -0.05) is 6.92 Å². The van der Waals surface area contributed by atoms with Crippen LogP contribution >= 0.6 is 0 Å². The fourth-order valence-corrected chi connectivity index (χ4v) is 1.44. The van der Waals surface area contributed by atoms with E-state index in [-0.39, 0.29) is 25.7 Å². The molecule has 0 aliphatic rings. The van der Waals surface area contributed by atoms with Crippen molar-refractivity contribution in [2.24, 2.45) is 5.92 Å². The van der Waals surface area contributed by atoms with Crippen LogP contribution < -0.4 is 0 Å². The summed E-state index contributed by atoms with van der Waals surface area (Å²) in [6, 6.07) is 0. The second kappa shape index (κ2) is 9.96. The van der Waals surface area contributed by atoms with Gasteiger partial charge in [0.15, 0.2) is 12.0 Å². The minimum absolute atomic E-state index is 0.0888. The Morgan fingerprint density at radius 1 is 1.25 bits per heavy atom. The van der Waals surface area contributed by atoms with Crippen LogP contribution in [0.5, 0.6) is 0 Å². The van der Waals surface area contributed by atoms with Crippen molar-refractivity contribution in [1.29, 1.82) is 0 Å². The minimum atomic E-state index is -1.04. The zero-order chi connectivity index (χ0) is 15.5. The highest BCUT2D eigenvalue weighted by molar-refractivity contribution is 5.77. The molecule has 20 heavy (non-hydrogen) atoms. The van der Waals surface area contributed by atoms with Gasteiger partial charge in [-0.2, -0.15) is 0 Å². The molecular weight excluding hydrogens is 268 g/mol. The summed E-state index contributed by atoms with van der Waals surface area (Å²) in [7, 11) is 1.22. The SMILES string of the molecule is CCC(/C=C(/O)C=O)C(O)COC(=O)CCC(=O)OC. The lowest BCUT2D eigenvalue weighted by atomic mass is 9.99. The molecule has 2 N–H and O–H groups in total. The van der Waals surface area contributed by atoms with Crippen molar-refractivity contribution >= 4 is 18.2 Å². The Kier molecular flexibility index (Phi) is 9.02. The van der Waals surface area contributed by atoms with Crippen LogP contribution in [0.4, 0.5) is 0 Å². The van der Waals surface area contributed by atoms with Crippen LogP contribution in [0.2, 0.25) is 0 Å². The molecule has 0 aromatic rings. The quantitative estimate of drug-likeness (QED) is 0.275. The van der Waals surface area contributed by atoms with Crippen molar-refractivity contribution in [2.45, 2.75) is 32.3 Å². The summed E-state index contributed by atoms with van der Waals surface area (Å²) in [5.41, 5.74) is 0. The molecule has 2 unspecified atom stereocenters. The second-order valence-corrected chi connectivity index (χ2v) is 4.11. The van der Waals surface area contributed by atoms with Gasteiger partial charge in [-0.05, 0) is 12.5 Å². The molecule has 7 heteroatoms. The van der Waals surface area contributed by atoms with E-state index in [4.69, 9.17) is 9.84 Å². The van der Waals surface area contributed by atoms with Gasteiger partial charge in [0.25, 0.3) is 0 Å². The predicted octanol–water partition coefficient (Wildman–Crippen LogP) is 0.511. The smallest absolute Gasteiger partial charge is 0.306 e. The number of hydrogen-bond donors (Lipinski definition) is 2. The molecule has 114 valence electrons. The Morgan fingerprint density at radius 2 is 1.85 bits per heavy atom. The Bertz CT molecular complexity index is 362. The summed E-state index contributed by atoms with van der Waals surface area (Å²) in [5.74, 6) is -2.14. The number of esters is 2. The lowest BCUT2D eigenvalue weighted by Gasteiger charge is -2.18. The maximum absolute atomic E-state index is 11.3. The molecule has 0 aromatic carbocycles. The van der Waals surface area contributed by atoms with Crippen LogP contribution in [0, 0.1) is 5.92 Å². The molecule has 0 rings (SSSR count). The summed E-state index contributed by atoms with van der Waals surface area (Å²) in [6.45, 7) is 1.47. The average molecular weight is 288 g/mol. The Hall–Kier alpha value is -1.89. The zero-order valence-electron chi connectivity index (χ0n) is 11.6. The van der Waals surface area contributed by atoms with Crippen LogP contribution in [0.15, 0.2) is 11.8 Å². The standard InChI is InChI=1S/C13H20O7/c1-3-9(6-10(15)7-14)11(16)8-20-13(18)5-4-12(17)19-2/h6-7,9,11,15-16H,3-5,8H2,1-2H3/b10-6+. The molecule has 0 aliphatic heterocycles. The summed E-state index contributed by atoms with van der Waals surface area (Å²) in [5, 5.41) is 18.9. The van der Waals surface area contributed by atoms with E-state index >= 15 is 0 Å². The number of rotatable bonds is 9. The van der Waals surface area contributed by atoms with E-state index in [0.29, 0.717) is 6.42 Å². The first kappa shape index (κ1) is 18.1. The third-order valence-corrected chi connectivity index (χ3v) is 2.65. The third-order valence-electron chi connectivity index (χ3n) is 2.65. The van der Waals surface area contributed by atoms with E-state index in [2.05, 4.69) is 4.74 Å².